The molecular weight excluding hydrogens is 318 g/mol. The highest BCUT2D eigenvalue weighted by atomic mass is 15.3. The number of unbranched alkanes of at least 4 members (excludes halogenated alkanes) is 14. The van der Waals surface area contributed by atoms with Crippen molar-refractivity contribution in [3.8, 4) is 0 Å². The third-order valence-electron chi connectivity index (χ3n) is 5.60. The van der Waals surface area contributed by atoms with Crippen molar-refractivity contribution in [2.45, 2.75) is 122 Å². The number of nitrogens with zero attached hydrogens (tertiary/aromatic N) is 2. The van der Waals surface area contributed by atoms with E-state index in [1.54, 1.807) is 0 Å². The van der Waals surface area contributed by atoms with E-state index in [4.69, 9.17) is 5.73 Å². The number of aliphatic imine (C=N–C) groups is 1. The fraction of sp³-hybridized carbons (Fsp3) is 0.870. The third-order valence-corrected chi connectivity index (χ3v) is 5.60. The normalized spacial score (nSPS) is 18.5. The van der Waals surface area contributed by atoms with Crippen LogP contribution < -0.4 is 5.73 Å². The Morgan fingerprint density at radius 1 is 0.923 bits per heavy atom. The molecule has 0 aliphatic carbocycles. The van der Waals surface area contributed by atoms with Gasteiger partial charge in [-0.05, 0) is 32.6 Å². The highest BCUT2D eigenvalue weighted by molar-refractivity contribution is 5.62. The maximum Gasteiger partial charge on any atom is 0.103 e. The van der Waals surface area contributed by atoms with Crippen LogP contribution in [0.3, 0.4) is 0 Å². The summed E-state index contributed by atoms with van der Waals surface area (Å²) in [6.45, 7) is 6.77. The van der Waals surface area contributed by atoms with Gasteiger partial charge in [0.2, 0.25) is 0 Å². The number of hydrogen-bond acceptors (Lipinski definition) is 3. The van der Waals surface area contributed by atoms with Gasteiger partial charge in [-0.25, -0.2) is 0 Å². The maximum atomic E-state index is 5.99. The minimum absolute atomic E-state index is 0.125. The molecule has 1 rings (SSSR count). The first-order valence-electron chi connectivity index (χ1n) is 11.4. The van der Waals surface area contributed by atoms with Crippen molar-refractivity contribution in [1.29, 1.82) is 0 Å². The van der Waals surface area contributed by atoms with Gasteiger partial charge in [0.15, 0.2) is 0 Å². The summed E-state index contributed by atoms with van der Waals surface area (Å²) in [5.41, 5.74) is 5.99. The van der Waals surface area contributed by atoms with Crippen molar-refractivity contribution in [2.24, 2.45) is 10.7 Å². The second kappa shape index (κ2) is 16.5. The predicted molar refractivity (Wildman–Crippen MR) is 117 cm³/mol. The Morgan fingerprint density at radius 2 is 1.38 bits per heavy atom. The fourth-order valence-electron chi connectivity index (χ4n) is 3.89. The second-order valence-corrected chi connectivity index (χ2v) is 8.07. The molecule has 3 heteroatoms. The van der Waals surface area contributed by atoms with Crippen molar-refractivity contribution in [3.05, 3.63) is 12.7 Å². The summed E-state index contributed by atoms with van der Waals surface area (Å²) in [4.78, 5) is 6.86. The summed E-state index contributed by atoms with van der Waals surface area (Å²) >= 11 is 0. The molecule has 0 saturated carbocycles. The van der Waals surface area contributed by atoms with Crippen molar-refractivity contribution < 1.29 is 0 Å². The lowest BCUT2D eigenvalue weighted by Crippen LogP contribution is -2.43. The Morgan fingerprint density at radius 3 is 1.85 bits per heavy atom. The van der Waals surface area contributed by atoms with E-state index in [-0.39, 0.29) is 6.17 Å². The van der Waals surface area contributed by atoms with E-state index < -0.39 is 0 Å². The summed E-state index contributed by atoms with van der Waals surface area (Å²) in [7, 11) is 0. The molecule has 0 bridgehead atoms. The van der Waals surface area contributed by atoms with E-state index in [0.29, 0.717) is 6.17 Å². The molecule has 0 radical (unpaired) electrons. The molecule has 2 atom stereocenters. The van der Waals surface area contributed by atoms with E-state index >= 15 is 0 Å². The first-order valence-corrected chi connectivity index (χ1v) is 11.4. The molecule has 0 fully saturated rings. The minimum atomic E-state index is 0.125. The molecule has 0 saturated heterocycles. The molecule has 3 nitrogen and oxygen atoms in total. The van der Waals surface area contributed by atoms with Crippen LogP contribution >= 0.6 is 0 Å². The summed E-state index contributed by atoms with van der Waals surface area (Å²) in [6, 6.07) is 0. The van der Waals surface area contributed by atoms with Gasteiger partial charge in [-0.1, -0.05) is 83.1 Å². The molecule has 1 aliphatic rings. The van der Waals surface area contributed by atoms with Crippen molar-refractivity contribution in [1.82, 2.24) is 4.90 Å². The Labute approximate surface area is 163 Å². The van der Waals surface area contributed by atoms with E-state index in [9.17, 15) is 0 Å². The maximum absolute atomic E-state index is 5.99. The molecule has 152 valence electrons. The van der Waals surface area contributed by atoms with Crippen molar-refractivity contribution in [2.75, 3.05) is 6.54 Å². The average Bonchev–Trinajstić information content (AvgIpc) is 3.10. The number of rotatable bonds is 18. The zero-order chi connectivity index (χ0) is 18.9. The summed E-state index contributed by atoms with van der Waals surface area (Å²) in [6.07, 6.45) is 26.6. The van der Waals surface area contributed by atoms with Crippen LogP contribution in [0.4, 0.5) is 0 Å². The van der Waals surface area contributed by atoms with Gasteiger partial charge in [0, 0.05) is 12.8 Å². The fourth-order valence-corrected chi connectivity index (χ4v) is 3.89. The lowest BCUT2D eigenvalue weighted by molar-refractivity contribution is 0.182. The van der Waals surface area contributed by atoms with Gasteiger partial charge < -0.3 is 5.73 Å². The first-order chi connectivity index (χ1) is 12.8. The van der Waals surface area contributed by atoms with E-state index in [2.05, 4.69) is 23.4 Å². The molecule has 0 amide bonds. The molecule has 26 heavy (non-hydrogen) atoms. The Bertz CT molecular complexity index is 351. The largest absolute Gasteiger partial charge is 0.316 e. The Balaban J connectivity index is 1.76. The molecule has 0 spiro atoms. The number of hydrogen-bond donors (Lipinski definition) is 1. The molecule has 2 N–H and O–H groups in total. The van der Waals surface area contributed by atoms with Gasteiger partial charge in [-0.2, -0.15) is 0 Å². The molecule has 2 unspecified atom stereocenters. The van der Waals surface area contributed by atoms with Crippen LogP contribution in [0.2, 0.25) is 0 Å². The van der Waals surface area contributed by atoms with Gasteiger partial charge in [0.25, 0.3) is 0 Å². The lowest BCUT2D eigenvalue weighted by atomic mass is 10.0. The standard InChI is InChI=1S/C23H45N3/c1-3-4-5-6-7-8-9-10-11-12-13-14-15-16-17-18-19-23-25-20-21-26(23)22(2)24/h3,20,22-23H,1,4-19,21,24H2,2H3. The average molecular weight is 364 g/mol. The molecule has 1 aliphatic heterocycles. The predicted octanol–water partition coefficient (Wildman–Crippen LogP) is 6.43. The SMILES string of the molecule is C=CCCCCCCCCCCCCCCCCC1N=CCN1C(C)N. The van der Waals surface area contributed by atoms with Crippen molar-refractivity contribution >= 4 is 6.21 Å². The van der Waals surface area contributed by atoms with Gasteiger partial charge >= 0.3 is 0 Å². The van der Waals surface area contributed by atoms with Crippen LogP contribution in [-0.4, -0.2) is 30.0 Å². The summed E-state index contributed by atoms with van der Waals surface area (Å²) < 4.78 is 0. The van der Waals surface area contributed by atoms with Crippen LogP contribution in [0, 0.1) is 0 Å². The summed E-state index contributed by atoms with van der Waals surface area (Å²) in [5.74, 6) is 0. The molecule has 0 aromatic heterocycles. The van der Waals surface area contributed by atoms with Gasteiger partial charge in [-0.3, -0.25) is 9.89 Å². The van der Waals surface area contributed by atoms with E-state index in [1.807, 2.05) is 12.3 Å². The highest BCUT2D eigenvalue weighted by Crippen LogP contribution is 2.17. The zero-order valence-corrected chi connectivity index (χ0v) is 17.5. The number of nitrogens with two attached hydrogens (primary N) is 1. The minimum Gasteiger partial charge on any atom is -0.316 e. The van der Waals surface area contributed by atoms with Gasteiger partial charge in [-0.15, -0.1) is 6.58 Å². The summed E-state index contributed by atoms with van der Waals surface area (Å²) in [5, 5.41) is 0. The molecule has 0 aromatic carbocycles. The van der Waals surface area contributed by atoms with E-state index in [0.717, 1.165) is 6.54 Å². The topological polar surface area (TPSA) is 41.6 Å². The lowest BCUT2D eigenvalue weighted by Gasteiger charge is -2.26. The van der Waals surface area contributed by atoms with Crippen LogP contribution in [0.15, 0.2) is 17.6 Å². The Kier molecular flexibility index (Phi) is 14.8. The highest BCUT2D eigenvalue weighted by Gasteiger charge is 2.22. The van der Waals surface area contributed by atoms with Crippen molar-refractivity contribution in [3.63, 3.8) is 0 Å². The monoisotopic (exact) mass is 363 g/mol. The smallest absolute Gasteiger partial charge is 0.103 e. The van der Waals surface area contributed by atoms with Gasteiger partial charge in [0.1, 0.15) is 6.17 Å². The van der Waals surface area contributed by atoms with Gasteiger partial charge in [0.05, 0.1) is 6.17 Å². The van der Waals surface area contributed by atoms with Crippen LogP contribution in [-0.2, 0) is 0 Å². The molecular formula is C23H45N3. The van der Waals surface area contributed by atoms with Crippen LogP contribution in [0.25, 0.3) is 0 Å². The third kappa shape index (κ3) is 11.9. The number of allylic oxidation sites excluding steroid dienone is 1. The van der Waals surface area contributed by atoms with Crippen LogP contribution in [0.5, 0.6) is 0 Å². The first kappa shape index (κ1) is 23.4. The molecule has 0 aromatic rings. The Hall–Kier alpha value is -0.670. The van der Waals surface area contributed by atoms with E-state index in [1.165, 1.54) is 103 Å². The zero-order valence-electron chi connectivity index (χ0n) is 17.5. The van der Waals surface area contributed by atoms with Crippen LogP contribution in [0.1, 0.15) is 110 Å². The molecule has 1 heterocycles. The quantitative estimate of drug-likeness (QED) is 0.225. The second-order valence-electron chi connectivity index (χ2n) is 8.07.